The topological polar surface area (TPSA) is 102 Å². The number of esters is 1. The maximum Gasteiger partial charge on any atom is 0.328 e. The minimum atomic E-state index is -0.648. The fourth-order valence-corrected chi connectivity index (χ4v) is 3.43. The lowest BCUT2D eigenvalue weighted by atomic mass is 10.2. The molecule has 1 fully saturated rings. The molecule has 1 saturated heterocycles. The summed E-state index contributed by atoms with van der Waals surface area (Å²) in [6.45, 7) is 2.67. The van der Waals surface area contributed by atoms with E-state index in [2.05, 4.69) is 25.7 Å². The number of hydrogen-bond acceptors (Lipinski definition) is 8. The third kappa shape index (κ3) is 6.56. The number of rotatable bonds is 9. The van der Waals surface area contributed by atoms with E-state index in [0.717, 1.165) is 18.8 Å². The Hall–Kier alpha value is -1.68. The number of carbonyl (C=O) groups is 2. The molecule has 1 aliphatic rings. The summed E-state index contributed by atoms with van der Waals surface area (Å²) in [5.74, 6) is 0.686. The van der Waals surface area contributed by atoms with Gasteiger partial charge < -0.3 is 10.1 Å². The summed E-state index contributed by atoms with van der Waals surface area (Å²) in [5, 5.41) is 14.4. The van der Waals surface area contributed by atoms with Crippen molar-refractivity contribution in [1.29, 1.82) is 0 Å². The molecular weight excluding hydrogens is 356 g/mol. The van der Waals surface area contributed by atoms with Crippen molar-refractivity contribution in [3.8, 4) is 0 Å². The second kappa shape index (κ2) is 11.1. The smallest absolute Gasteiger partial charge is 0.328 e. The average molecular weight is 385 g/mol. The highest BCUT2D eigenvalue weighted by Crippen LogP contribution is 2.12. The summed E-state index contributed by atoms with van der Waals surface area (Å²) >= 11 is 1.61. The normalized spacial score (nSPS) is 16.7. The Morgan fingerprint density at radius 3 is 2.65 bits per heavy atom. The Morgan fingerprint density at radius 2 is 2.00 bits per heavy atom. The van der Waals surface area contributed by atoms with Crippen LogP contribution in [0.25, 0.3) is 0 Å². The van der Waals surface area contributed by atoms with Crippen molar-refractivity contribution in [2.45, 2.75) is 51.2 Å². The Balaban J connectivity index is 1.91. The number of likely N-dealkylation sites (tertiary alicyclic amines) is 1. The van der Waals surface area contributed by atoms with Crippen molar-refractivity contribution in [1.82, 2.24) is 30.4 Å². The zero-order valence-corrected chi connectivity index (χ0v) is 16.3. The van der Waals surface area contributed by atoms with Gasteiger partial charge in [0.15, 0.2) is 5.82 Å². The maximum atomic E-state index is 12.3. The molecule has 0 saturated carbocycles. The van der Waals surface area contributed by atoms with Crippen LogP contribution in [0.15, 0.2) is 0 Å². The molecule has 10 heteroatoms. The molecule has 1 atom stereocenters. The minimum Gasteiger partial charge on any atom is -0.467 e. The Kier molecular flexibility index (Phi) is 8.82. The summed E-state index contributed by atoms with van der Waals surface area (Å²) in [7, 11) is 1.32. The van der Waals surface area contributed by atoms with Gasteiger partial charge in [0.2, 0.25) is 5.91 Å². The number of nitrogens with zero attached hydrogens (tertiary/aromatic N) is 5. The van der Waals surface area contributed by atoms with Crippen LogP contribution in [-0.4, -0.2) is 75.2 Å². The van der Waals surface area contributed by atoms with Gasteiger partial charge in [0, 0.05) is 0 Å². The number of hydrogen-bond donors (Lipinski definition) is 1. The predicted octanol–water partition coefficient (Wildman–Crippen LogP) is 0.460. The standard InChI is InChI=1S/C16H28N6O3S/c1-25-16(24)13(7-10-26-2)17-15(23)12-22-14(18-19-20-22)11-21-8-5-3-4-6-9-21/h13H,3-12H2,1-2H3,(H,17,23). The first-order valence-electron chi connectivity index (χ1n) is 8.97. The molecule has 146 valence electrons. The number of aromatic nitrogens is 4. The summed E-state index contributed by atoms with van der Waals surface area (Å²) in [4.78, 5) is 26.5. The highest BCUT2D eigenvalue weighted by Gasteiger charge is 2.22. The molecule has 26 heavy (non-hydrogen) atoms. The second-order valence-electron chi connectivity index (χ2n) is 6.37. The number of ether oxygens (including phenoxy) is 1. The quantitative estimate of drug-likeness (QED) is 0.613. The number of tetrazole rings is 1. The molecule has 2 rings (SSSR count). The summed E-state index contributed by atoms with van der Waals surface area (Å²) in [6.07, 6.45) is 7.35. The van der Waals surface area contributed by atoms with Gasteiger partial charge in [-0.2, -0.15) is 11.8 Å². The molecule has 0 bridgehead atoms. The van der Waals surface area contributed by atoms with Crippen LogP contribution >= 0.6 is 11.8 Å². The third-order valence-corrected chi connectivity index (χ3v) is 5.04. The fraction of sp³-hybridized carbons (Fsp3) is 0.812. The lowest BCUT2D eigenvalue weighted by Crippen LogP contribution is -2.43. The molecule has 9 nitrogen and oxygen atoms in total. The molecule has 1 aliphatic heterocycles. The van der Waals surface area contributed by atoms with Crippen LogP contribution in [0.3, 0.4) is 0 Å². The zero-order chi connectivity index (χ0) is 18.8. The van der Waals surface area contributed by atoms with E-state index in [-0.39, 0.29) is 12.5 Å². The third-order valence-electron chi connectivity index (χ3n) is 4.39. The van der Waals surface area contributed by atoms with E-state index < -0.39 is 12.0 Å². The summed E-state index contributed by atoms with van der Waals surface area (Å²) in [6, 6.07) is -0.648. The van der Waals surface area contributed by atoms with E-state index in [4.69, 9.17) is 4.74 Å². The first kappa shape index (κ1) is 20.6. The van der Waals surface area contributed by atoms with Crippen molar-refractivity contribution in [3.05, 3.63) is 5.82 Å². The van der Waals surface area contributed by atoms with Crippen molar-refractivity contribution >= 4 is 23.6 Å². The van der Waals surface area contributed by atoms with Gasteiger partial charge in [-0.25, -0.2) is 9.48 Å². The molecule has 0 radical (unpaired) electrons. The number of carbonyl (C=O) groups excluding carboxylic acids is 2. The number of amides is 1. The van der Waals surface area contributed by atoms with Gasteiger partial charge in [-0.15, -0.1) is 5.10 Å². The monoisotopic (exact) mass is 384 g/mol. The zero-order valence-electron chi connectivity index (χ0n) is 15.5. The van der Waals surface area contributed by atoms with Gasteiger partial charge in [-0.3, -0.25) is 9.69 Å². The average Bonchev–Trinajstić information content (AvgIpc) is 2.90. The van der Waals surface area contributed by atoms with E-state index in [1.165, 1.54) is 37.5 Å². The Morgan fingerprint density at radius 1 is 1.27 bits per heavy atom. The number of thioether (sulfide) groups is 1. The molecule has 1 amide bonds. The van der Waals surface area contributed by atoms with Crippen LogP contribution in [0.2, 0.25) is 0 Å². The molecule has 1 aromatic rings. The molecule has 1 N–H and O–H groups in total. The van der Waals surface area contributed by atoms with Gasteiger partial charge in [-0.1, -0.05) is 12.8 Å². The van der Waals surface area contributed by atoms with Crippen molar-refractivity contribution in [2.24, 2.45) is 0 Å². The van der Waals surface area contributed by atoms with Gasteiger partial charge in [-0.05, 0) is 54.8 Å². The van der Waals surface area contributed by atoms with Crippen molar-refractivity contribution in [3.63, 3.8) is 0 Å². The highest BCUT2D eigenvalue weighted by atomic mass is 32.2. The molecule has 1 aromatic heterocycles. The predicted molar refractivity (Wildman–Crippen MR) is 98.5 cm³/mol. The van der Waals surface area contributed by atoms with Crippen molar-refractivity contribution < 1.29 is 14.3 Å². The number of nitrogens with one attached hydrogen (secondary N) is 1. The lowest BCUT2D eigenvalue weighted by molar-refractivity contribution is -0.145. The summed E-state index contributed by atoms with van der Waals surface area (Å²) < 4.78 is 6.27. The van der Waals surface area contributed by atoms with E-state index in [1.54, 1.807) is 11.8 Å². The fourth-order valence-electron chi connectivity index (χ4n) is 2.96. The van der Waals surface area contributed by atoms with Gasteiger partial charge in [0.1, 0.15) is 12.6 Å². The lowest BCUT2D eigenvalue weighted by Gasteiger charge is -2.19. The van der Waals surface area contributed by atoms with Gasteiger partial charge >= 0.3 is 5.97 Å². The van der Waals surface area contributed by atoms with Gasteiger partial charge in [0.05, 0.1) is 13.7 Å². The largest absolute Gasteiger partial charge is 0.467 e. The minimum absolute atomic E-state index is 0.0110. The molecule has 2 heterocycles. The molecule has 0 aromatic carbocycles. The maximum absolute atomic E-state index is 12.3. The molecule has 1 unspecified atom stereocenters. The van der Waals surface area contributed by atoms with Crippen LogP contribution in [0.1, 0.15) is 37.9 Å². The van der Waals surface area contributed by atoms with Crippen LogP contribution in [-0.2, 0) is 27.4 Å². The Bertz CT molecular complexity index is 574. The van der Waals surface area contributed by atoms with Crippen molar-refractivity contribution in [2.75, 3.05) is 32.2 Å². The van der Waals surface area contributed by atoms with E-state index in [9.17, 15) is 9.59 Å². The Labute approximate surface area is 158 Å². The summed E-state index contributed by atoms with van der Waals surface area (Å²) in [5.41, 5.74) is 0. The number of methoxy groups -OCH3 is 1. The van der Waals surface area contributed by atoms with Crippen LogP contribution in [0.4, 0.5) is 0 Å². The molecule has 0 aliphatic carbocycles. The molecule has 0 spiro atoms. The van der Waals surface area contributed by atoms with Crippen LogP contribution < -0.4 is 5.32 Å². The van der Waals surface area contributed by atoms with E-state index in [0.29, 0.717) is 18.8 Å². The first-order chi connectivity index (χ1) is 12.6. The van der Waals surface area contributed by atoms with Gasteiger partial charge in [0.25, 0.3) is 0 Å². The SMILES string of the molecule is COC(=O)C(CCSC)NC(=O)Cn1nnnc1CN1CCCCCC1. The van der Waals surface area contributed by atoms with Crippen LogP contribution in [0, 0.1) is 0 Å². The van der Waals surface area contributed by atoms with E-state index >= 15 is 0 Å². The van der Waals surface area contributed by atoms with Crippen LogP contribution in [0.5, 0.6) is 0 Å². The highest BCUT2D eigenvalue weighted by molar-refractivity contribution is 7.98. The van der Waals surface area contributed by atoms with E-state index in [1.807, 2.05) is 6.26 Å². The first-order valence-corrected chi connectivity index (χ1v) is 10.4. The second-order valence-corrected chi connectivity index (χ2v) is 7.35. The molecular formula is C16H28N6O3S.